The van der Waals surface area contributed by atoms with Crippen LogP contribution in [0, 0.1) is 5.41 Å². The van der Waals surface area contributed by atoms with Gasteiger partial charge in [-0.15, -0.1) is 0 Å². The van der Waals surface area contributed by atoms with Gasteiger partial charge >= 0.3 is 5.97 Å². The monoisotopic (exact) mass is 258 g/mol. The van der Waals surface area contributed by atoms with Crippen molar-refractivity contribution >= 4 is 11.9 Å². The first-order valence-corrected chi connectivity index (χ1v) is 6.35. The first-order chi connectivity index (χ1) is 8.43. The average Bonchev–Trinajstić information content (AvgIpc) is 2.75. The van der Waals surface area contributed by atoms with Crippen molar-refractivity contribution in [3.05, 3.63) is 0 Å². The highest BCUT2D eigenvalue weighted by molar-refractivity contribution is 5.88. The lowest BCUT2D eigenvalue weighted by Gasteiger charge is -2.29. The van der Waals surface area contributed by atoms with Crippen molar-refractivity contribution < 1.29 is 19.8 Å². The van der Waals surface area contributed by atoms with E-state index < -0.39 is 23.5 Å². The molecule has 1 rings (SSSR count). The second kappa shape index (κ2) is 6.15. The van der Waals surface area contributed by atoms with E-state index in [9.17, 15) is 14.7 Å². The number of aliphatic hydroxyl groups is 1. The maximum atomic E-state index is 12.3. The van der Waals surface area contributed by atoms with Crippen molar-refractivity contribution in [2.45, 2.75) is 45.3 Å². The molecule has 1 fully saturated rings. The molecule has 3 atom stereocenters. The molecule has 1 aliphatic heterocycles. The number of aliphatic hydroxyl groups excluding tert-OH is 1. The van der Waals surface area contributed by atoms with Gasteiger partial charge in [-0.25, -0.2) is 4.79 Å². The number of carbonyl (C=O) groups is 2. The largest absolute Gasteiger partial charge is 0.480 e. The zero-order chi connectivity index (χ0) is 13.8. The van der Waals surface area contributed by atoms with Crippen LogP contribution in [0.15, 0.2) is 0 Å². The van der Waals surface area contributed by atoms with E-state index in [1.54, 1.807) is 0 Å². The summed E-state index contributed by atoms with van der Waals surface area (Å²) in [6.45, 7) is 4.69. The number of nitrogens with one attached hydrogen (secondary N) is 2. The molecule has 6 heteroatoms. The lowest BCUT2D eigenvalue weighted by atomic mass is 9.81. The van der Waals surface area contributed by atoms with E-state index in [2.05, 4.69) is 10.6 Å². The molecular weight excluding hydrogens is 236 g/mol. The molecule has 0 aromatic heterocycles. The van der Waals surface area contributed by atoms with Gasteiger partial charge in [0.15, 0.2) is 6.04 Å². The van der Waals surface area contributed by atoms with E-state index in [1.165, 1.54) is 6.92 Å². The van der Waals surface area contributed by atoms with Crippen molar-refractivity contribution in [1.29, 1.82) is 0 Å². The van der Waals surface area contributed by atoms with E-state index in [4.69, 9.17) is 5.11 Å². The van der Waals surface area contributed by atoms with Crippen molar-refractivity contribution in [3.63, 3.8) is 0 Å². The molecule has 0 bridgehead atoms. The second-order valence-electron chi connectivity index (χ2n) is 4.99. The van der Waals surface area contributed by atoms with Gasteiger partial charge in [-0.05, 0) is 26.3 Å². The van der Waals surface area contributed by atoms with Crippen LogP contribution in [-0.4, -0.2) is 47.3 Å². The summed E-state index contributed by atoms with van der Waals surface area (Å²) in [7, 11) is 0. The molecular formula is C12H22N2O4. The SMILES string of the molecule is CCCC1(C(=O)N[C@H](C(=O)O)[C@@H](C)O)CCNC1. The molecule has 1 saturated heterocycles. The molecule has 1 aliphatic rings. The van der Waals surface area contributed by atoms with Crippen LogP contribution in [0.4, 0.5) is 0 Å². The molecule has 6 nitrogen and oxygen atoms in total. The number of carboxylic acids is 1. The number of aliphatic carboxylic acids is 1. The minimum absolute atomic E-state index is 0.275. The van der Waals surface area contributed by atoms with Crippen molar-refractivity contribution in [1.82, 2.24) is 10.6 Å². The fourth-order valence-electron chi connectivity index (χ4n) is 2.43. The van der Waals surface area contributed by atoms with Gasteiger partial charge in [0.05, 0.1) is 11.5 Å². The topological polar surface area (TPSA) is 98.7 Å². The quantitative estimate of drug-likeness (QED) is 0.525. The Morgan fingerprint density at radius 1 is 1.50 bits per heavy atom. The average molecular weight is 258 g/mol. The van der Waals surface area contributed by atoms with Gasteiger partial charge in [-0.2, -0.15) is 0 Å². The molecule has 104 valence electrons. The Hall–Kier alpha value is -1.14. The van der Waals surface area contributed by atoms with Gasteiger partial charge in [-0.1, -0.05) is 13.3 Å². The number of carboxylic acid groups (broad SMARTS) is 1. The summed E-state index contributed by atoms with van der Waals surface area (Å²) in [5, 5.41) is 23.9. The normalized spacial score (nSPS) is 26.6. The molecule has 0 radical (unpaired) electrons. The molecule has 4 N–H and O–H groups in total. The van der Waals surface area contributed by atoms with E-state index in [-0.39, 0.29) is 5.91 Å². The van der Waals surface area contributed by atoms with Crippen LogP contribution in [0.5, 0.6) is 0 Å². The van der Waals surface area contributed by atoms with E-state index in [1.807, 2.05) is 6.92 Å². The minimum Gasteiger partial charge on any atom is -0.480 e. The summed E-state index contributed by atoms with van der Waals surface area (Å²) in [6.07, 6.45) is 1.18. The maximum absolute atomic E-state index is 12.3. The maximum Gasteiger partial charge on any atom is 0.328 e. The Kier molecular flexibility index (Phi) is 5.10. The highest BCUT2D eigenvalue weighted by Gasteiger charge is 2.42. The molecule has 0 aromatic rings. The number of hydrogen-bond donors (Lipinski definition) is 4. The third kappa shape index (κ3) is 3.20. The molecule has 1 unspecified atom stereocenters. The van der Waals surface area contributed by atoms with Gasteiger partial charge < -0.3 is 20.8 Å². The Labute approximate surface area is 107 Å². The van der Waals surface area contributed by atoms with E-state index in [0.717, 1.165) is 19.4 Å². The third-order valence-corrected chi connectivity index (χ3v) is 3.49. The minimum atomic E-state index is -1.24. The predicted molar refractivity (Wildman–Crippen MR) is 66.1 cm³/mol. The van der Waals surface area contributed by atoms with Crippen molar-refractivity contribution in [2.24, 2.45) is 5.41 Å². The molecule has 0 spiro atoms. The van der Waals surface area contributed by atoms with Crippen LogP contribution >= 0.6 is 0 Å². The lowest BCUT2D eigenvalue weighted by molar-refractivity contribution is -0.146. The van der Waals surface area contributed by atoms with Gasteiger partial charge in [0, 0.05) is 6.54 Å². The smallest absolute Gasteiger partial charge is 0.328 e. The molecule has 0 saturated carbocycles. The predicted octanol–water partition coefficient (Wildman–Crippen LogP) is -0.284. The number of rotatable bonds is 6. The van der Waals surface area contributed by atoms with Crippen LogP contribution in [0.2, 0.25) is 0 Å². The second-order valence-corrected chi connectivity index (χ2v) is 4.99. The molecule has 0 aliphatic carbocycles. The fourth-order valence-corrected chi connectivity index (χ4v) is 2.43. The summed E-state index contributed by atoms with van der Waals surface area (Å²) in [4.78, 5) is 23.2. The van der Waals surface area contributed by atoms with Crippen LogP contribution in [-0.2, 0) is 9.59 Å². The van der Waals surface area contributed by atoms with Crippen LogP contribution < -0.4 is 10.6 Å². The van der Waals surface area contributed by atoms with Crippen LogP contribution in [0.1, 0.15) is 33.1 Å². The van der Waals surface area contributed by atoms with Gasteiger partial charge in [-0.3, -0.25) is 4.79 Å². The molecule has 1 amide bonds. The standard InChI is InChI=1S/C12H22N2O4/c1-3-4-12(5-6-13-7-12)11(18)14-9(8(2)15)10(16)17/h8-9,13,15H,3-7H2,1-2H3,(H,14,18)(H,16,17)/t8-,9+,12?/m1/s1. The molecule has 18 heavy (non-hydrogen) atoms. The Morgan fingerprint density at radius 2 is 2.17 bits per heavy atom. The van der Waals surface area contributed by atoms with E-state index >= 15 is 0 Å². The first kappa shape index (κ1) is 14.9. The number of hydrogen-bond acceptors (Lipinski definition) is 4. The lowest BCUT2D eigenvalue weighted by Crippen LogP contribution is -2.53. The first-order valence-electron chi connectivity index (χ1n) is 6.35. The highest BCUT2D eigenvalue weighted by atomic mass is 16.4. The van der Waals surface area contributed by atoms with Crippen LogP contribution in [0.3, 0.4) is 0 Å². The summed E-state index contributed by atoms with van der Waals surface area (Å²) in [5.74, 6) is -1.49. The summed E-state index contributed by atoms with van der Waals surface area (Å²) in [5.41, 5.74) is -0.530. The highest BCUT2D eigenvalue weighted by Crippen LogP contribution is 2.31. The van der Waals surface area contributed by atoms with Gasteiger partial charge in [0.25, 0.3) is 0 Å². The van der Waals surface area contributed by atoms with Crippen molar-refractivity contribution in [2.75, 3.05) is 13.1 Å². The fraction of sp³-hybridized carbons (Fsp3) is 0.833. The van der Waals surface area contributed by atoms with Gasteiger partial charge in [0.2, 0.25) is 5.91 Å². The number of carbonyl (C=O) groups excluding carboxylic acids is 1. The Morgan fingerprint density at radius 3 is 2.56 bits per heavy atom. The zero-order valence-electron chi connectivity index (χ0n) is 10.9. The molecule has 1 heterocycles. The molecule has 0 aromatic carbocycles. The van der Waals surface area contributed by atoms with E-state index in [0.29, 0.717) is 13.0 Å². The zero-order valence-corrected chi connectivity index (χ0v) is 10.9. The Bertz CT molecular complexity index is 311. The van der Waals surface area contributed by atoms with Crippen LogP contribution in [0.25, 0.3) is 0 Å². The van der Waals surface area contributed by atoms with Crippen molar-refractivity contribution in [3.8, 4) is 0 Å². The third-order valence-electron chi connectivity index (χ3n) is 3.49. The summed E-state index contributed by atoms with van der Waals surface area (Å²) >= 11 is 0. The Balaban J connectivity index is 2.75. The van der Waals surface area contributed by atoms with Gasteiger partial charge in [0.1, 0.15) is 0 Å². The number of amides is 1. The summed E-state index contributed by atoms with van der Waals surface area (Å²) in [6, 6.07) is -1.24. The summed E-state index contributed by atoms with van der Waals surface area (Å²) < 4.78 is 0.